The van der Waals surface area contributed by atoms with Crippen LogP contribution >= 0.6 is 15.9 Å². The summed E-state index contributed by atoms with van der Waals surface area (Å²) in [4.78, 5) is 2.44. The molecule has 2 rings (SSSR count). The van der Waals surface area contributed by atoms with Crippen molar-refractivity contribution in [3.63, 3.8) is 0 Å². The molecule has 0 radical (unpaired) electrons. The number of benzene rings is 1. The van der Waals surface area contributed by atoms with E-state index < -0.39 is 0 Å². The first-order valence-electron chi connectivity index (χ1n) is 6.09. The van der Waals surface area contributed by atoms with Gasteiger partial charge in [-0.3, -0.25) is 4.90 Å². The van der Waals surface area contributed by atoms with E-state index in [-0.39, 0.29) is 5.82 Å². The van der Waals surface area contributed by atoms with Gasteiger partial charge in [-0.2, -0.15) is 0 Å². The molecule has 94 valence electrons. The van der Waals surface area contributed by atoms with E-state index in [1.54, 1.807) is 0 Å². The van der Waals surface area contributed by atoms with Gasteiger partial charge in [-0.05, 0) is 37.2 Å². The van der Waals surface area contributed by atoms with Crippen LogP contribution in [0.5, 0.6) is 0 Å². The second kappa shape index (κ2) is 5.94. The van der Waals surface area contributed by atoms with Gasteiger partial charge in [0.25, 0.3) is 0 Å². The first-order chi connectivity index (χ1) is 8.20. The molecule has 0 saturated carbocycles. The highest BCUT2D eigenvalue weighted by atomic mass is 79.9. The zero-order chi connectivity index (χ0) is 12.3. The predicted molar refractivity (Wildman–Crippen MR) is 71.5 cm³/mol. The molecule has 1 atom stereocenters. The largest absolute Gasteiger partial charge is 0.315 e. The highest BCUT2D eigenvalue weighted by Gasteiger charge is 2.21. The summed E-state index contributed by atoms with van der Waals surface area (Å²) in [5, 5.41) is 3.38. The Kier molecular flexibility index (Phi) is 4.54. The molecular formula is C13H18BrFN2. The van der Waals surface area contributed by atoms with Crippen molar-refractivity contribution in [1.29, 1.82) is 0 Å². The maximum absolute atomic E-state index is 13.0. The van der Waals surface area contributed by atoms with Gasteiger partial charge in [0.05, 0.1) is 0 Å². The third-order valence-electron chi connectivity index (χ3n) is 3.35. The monoisotopic (exact) mass is 300 g/mol. The van der Waals surface area contributed by atoms with Crippen molar-refractivity contribution < 1.29 is 4.39 Å². The predicted octanol–water partition coefficient (Wildman–Crippen LogP) is 2.77. The number of nitrogens with one attached hydrogen (secondary N) is 1. The average Bonchev–Trinajstić information content (AvgIpc) is 2.81. The van der Waals surface area contributed by atoms with Crippen LogP contribution in [0.15, 0.2) is 22.7 Å². The van der Waals surface area contributed by atoms with E-state index >= 15 is 0 Å². The molecule has 0 spiro atoms. The maximum atomic E-state index is 13.0. The van der Waals surface area contributed by atoms with E-state index in [0.717, 1.165) is 36.2 Å². The Labute approximate surface area is 110 Å². The third-order valence-corrected chi connectivity index (χ3v) is 4.08. The van der Waals surface area contributed by atoms with Gasteiger partial charge in [-0.15, -0.1) is 0 Å². The zero-order valence-corrected chi connectivity index (χ0v) is 11.6. The summed E-state index contributed by atoms with van der Waals surface area (Å²) in [5.41, 5.74) is 1.15. The molecule has 1 unspecified atom stereocenters. The van der Waals surface area contributed by atoms with Crippen molar-refractivity contribution in [1.82, 2.24) is 10.2 Å². The van der Waals surface area contributed by atoms with Crippen molar-refractivity contribution in [2.75, 3.05) is 19.6 Å². The molecular weight excluding hydrogens is 283 g/mol. The molecule has 1 aliphatic rings. The molecule has 0 aromatic heterocycles. The Morgan fingerprint density at radius 3 is 2.94 bits per heavy atom. The number of hydrogen-bond donors (Lipinski definition) is 1. The van der Waals surface area contributed by atoms with Gasteiger partial charge in [0, 0.05) is 23.6 Å². The lowest BCUT2D eigenvalue weighted by Gasteiger charge is -2.27. The second-order valence-electron chi connectivity index (χ2n) is 4.45. The first-order valence-corrected chi connectivity index (χ1v) is 6.88. The van der Waals surface area contributed by atoms with E-state index in [0.29, 0.717) is 6.04 Å². The molecule has 1 N–H and O–H groups in total. The van der Waals surface area contributed by atoms with Crippen LogP contribution in [0.25, 0.3) is 0 Å². The fourth-order valence-electron chi connectivity index (χ4n) is 2.32. The Morgan fingerprint density at radius 1 is 1.53 bits per heavy atom. The minimum absolute atomic E-state index is 0.189. The summed E-state index contributed by atoms with van der Waals surface area (Å²) in [6, 6.07) is 5.54. The van der Waals surface area contributed by atoms with Crippen molar-refractivity contribution in [2.45, 2.75) is 25.9 Å². The molecule has 1 heterocycles. The third kappa shape index (κ3) is 3.27. The number of halogens is 2. The summed E-state index contributed by atoms with van der Waals surface area (Å²) in [7, 11) is 0. The zero-order valence-electron chi connectivity index (χ0n) is 10.0. The van der Waals surface area contributed by atoms with E-state index in [2.05, 4.69) is 33.1 Å². The Morgan fingerprint density at radius 2 is 2.35 bits per heavy atom. The van der Waals surface area contributed by atoms with Crippen LogP contribution < -0.4 is 5.32 Å². The molecule has 0 bridgehead atoms. The number of nitrogens with zero attached hydrogens (tertiary/aromatic N) is 1. The van der Waals surface area contributed by atoms with Gasteiger partial charge in [0.2, 0.25) is 0 Å². The number of rotatable bonds is 4. The summed E-state index contributed by atoms with van der Waals surface area (Å²) in [6.07, 6.45) is 1.20. The SMILES string of the molecule is CCN(Cc1ccc(F)cc1Br)C1CCNC1. The standard InChI is InChI=1S/C13H18BrFN2/c1-2-17(12-5-6-16-8-12)9-10-3-4-11(15)7-13(10)14/h3-4,7,12,16H,2,5-6,8-9H2,1H3. The number of hydrogen-bond acceptors (Lipinski definition) is 2. The summed E-state index contributed by atoms with van der Waals surface area (Å²) >= 11 is 3.43. The molecule has 0 amide bonds. The van der Waals surface area contributed by atoms with Crippen molar-refractivity contribution in [3.8, 4) is 0 Å². The summed E-state index contributed by atoms with van der Waals surface area (Å²) < 4.78 is 13.9. The summed E-state index contributed by atoms with van der Waals surface area (Å²) in [6.45, 7) is 6.24. The molecule has 1 saturated heterocycles. The first kappa shape index (κ1) is 13.0. The van der Waals surface area contributed by atoms with Gasteiger partial charge in [0.1, 0.15) is 5.82 Å². The second-order valence-corrected chi connectivity index (χ2v) is 5.30. The average molecular weight is 301 g/mol. The highest BCUT2D eigenvalue weighted by Crippen LogP contribution is 2.21. The molecule has 1 aromatic carbocycles. The Balaban J connectivity index is 2.06. The van der Waals surface area contributed by atoms with E-state index in [1.807, 2.05) is 6.07 Å². The lowest BCUT2D eigenvalue weighted by molar-refractivity contribution is 0.210. The van der Waals surface area contributed by atoms with Crippen molar-refractivity contribution >= 4 is 15.9 Å². The van der Waals surface area contributed by atoms with Crippen LogP contribution in [0.1, 0.15) is 18.9 Å². The van der Waals surface area contributed by atoms with Crippen LogP contribution in [-0.4, -0.2) is 30.6 Å². The summed E-state index contributed by atoms with van der Waals surface area (Å²) in [5.74, 6) is -0.189. The van der Waals surface area contributed by atoms with Crippen LogP contribution in [0.2, 0.25) is 0 Å². The fourth-order valence-corrected chi connectivity index (χ4v) is 2.80. The highest BCUT2D eigenvalue weighted by molar-refractivity contribution is 9.10. The molecule has 2 nitrogen and oxygen atoms in total. The van der Waals surface area contributed by atoms with Gasteiger partial charge in [-0.25, -0.2) is 4.39 Å². The molecule has 1 aromatic rings. The lowest BCUT2D eigenvalue weighted by atomic mass is 10.1. The smallest absolute Gasteiger partial charge is 0.124 e. The normalized spacial score (nSPS) is 20.1. The van der Waals surface area contributed by atoms with Gasteiger partial charge < -0.3 is 5.32 Å². The van der Waals surface area contributed by atoms with Crippen LogP contribution in [0.4, 0.5) is 4.39 Å². The Bertz CT molecular complexity index is 378. The van der Waals surface area contributed by atoms with Gasteiger partial charge >= 0.3 is 0 Å². The molecule has 17 heavy (non-hydrogen) atoms. The molecule has 1 fully saturated rings. The molecule has 0 aliphatic carbocycles. The van der Waals surface area contributed by atoms with E-state index in [9.17, 15) is 4.39 Å². The fraction of sp³-hybridized carbons (Fsp3) is 0.538. The van der Waals surface area contributed by atoms with Crippen molar-refractivity contribution in [3.05, 3.63) is 34.1 Å². The maximum Gasteiger partial charge on any atom is 0.124 e. The van der Waals surface area contributed by atoms with Crippen LogP contribution in [0, 0.1) is 5.82 Å². The number of likely N-dealkylation sites (N-methyl/N-ethyl adjacent to an activating group) is 1. The molecule has 1 aliphatic heterocycles. The minimum atomic E-state index is -0.189. The topological polar surface area (TPSA) is 15.3 Å². The quantitative estimate of drug-likeness (QED) is 0.920. The van der Waals surface area contributed by atoms with E-state index in [1.165, 1.54) is 18.6 Å². The Hall–Kier alpha value is -0.450. The molecule has 4 heteroatoms. The van der Waals surface area contributed by atoms with Crippen LogP contribution in [0.3, 0.4) is 0 Å². The van der Waals surface area contributed by atoms with Gasteiger partial charge in [-0.1, -0.05) is 28.9 Å². The lowest BCUT2D eigenvalue weighted by Crippen LogP contribution is -2.36. The van der Waals surface area contributed by atoms with Crippen molar-refractivity contribution in [2.24, 2.45) is 0 Å². The van der Waals surface area contributed by atoms with Crippen LogP contribution in [-0.2, 0) is 6.54 Å². The van der Waals surface area contributed by atoms with E-state index in [4.69, 9.17) is 0 Å². The minimum Gasteiger partial charge on any atom is -0.315 e. The van der Waals surface area contributed by atoms with Gasteiger partial charge in [0.15, 0.2) is 0 Å².